The number of carbonyl (C=O) groups is 6. The lowest BCUT2D eigenvalue weighted by Gasteiger charge is -2.11. The molecule has 12 nitrogen and oxygen atoms in total. The zero-order valence-corrected chi connectivity index (χ0v) is 16.5. The van der Waals surface area contributed by atoms with Crippen LogP contribution >= 0.6 is 0 Å². The summed E-state index contributed by atoms with van der Waals surface area (Å²) < 4.78 is 13.3. The highest BCUT2D eigenvalue weighted by molar-refractivity contribution is 6.05. The molecule has 0 heterocycles. The van der Waals surface area contributed by atoms with Crippen LogP contribution in [0.15, 0.2) is 18.2 Å². The van der Waals surface area contributed by atoms with E-state index in [1.54, 1.807) is 0 Å². The minimum Gasteiger partial charge on any atom is -0.468 e. The van der Waals surface area contributed by atoms with Crippen molar-refractivity contribution in [3.8, 4) is 0 Å². The second kappa shape index (κ2) is 11.8. The second-order valence-corrected chi connectivity index (χ2v) is 5.58. The van der Waals surface area contributed by atoms with Crippen molar-refractivity contribution in [1.29, 1.82) is 0 Å². The van der Waals surface area contributed by atoms with E-state index in [4.69, 9.17) is 0 Å². The van der Waals surface area contributed by atoms with Crippen molar-refractivity contribution >= 4 is 35.6 Å². The van der Waals surface area contributed by atoms with Gasteiger partial charge in [-0.2, -0.15) is 0 Å². The van der Waals surface area contributed by atoms with Gasteiger partial charge in [0, 0.05) is 16.7 Å². The van der Waals surface area contributed by atoms with E-state index in [2.05, 4.69) is 30.2 Å². The number of hydrogen-bond donors (Lipinski definition) is 3. The molecular formula is C18H21N3O9. The fourth-order valence-corrected chi connectivity index (χ4v) is 2.00. The number of hydrogen-bond acceptors (Lipinski definition) is 9. The van der Waals surface area contributed by atoms with Crippen molar-refractivity contribution in [2.45, 2.75) is 0 Å². The molecule has 0 radical (unpaired) electrons. The zero-order chi connectivity index (χ0) is 22.7. The minimum absolute atomic E-state index is 0.118. The first kappa shape index (κ1) is 24.1. The Balaban J connectivity index is 3.13. The molecule has 0 aromatic heterocycles. The number of amides is 3. The van der Waals surface area contributed by atoms with Gasteiger partial charge in [-0.15, -0.1) is 0 Å². The van der Waals surface area contributed by atoms with E-state index in [0.29, 0.717) is 0 Å². The van der Waals surface area contributed by atoms with E-state index in [0.717, 1.165) is 39.5 Å². The molecule has 0 unspecified atom stereocenters. The molecule has 1 aromatic rings. The average molecular weight is 423 g/mol. The van der Waals surface area contributed by atoms with E-state index in [1.807, 2.05) is 0 Å². The van der Waals surface area contributed by atoms with Gasteiger partial charge in [0.15, 0.2) is 0 Å². The number of carbonyl (C=O) groups excluding carboxylic acids is 6. The Morgan fingerprint density at radius 3 is 1.00 bits per heavy atom. The Morgan fingerprint density at radius 1 is 0.567 bits per heavy atom. The number of methoxy groups -OCH3 is 3. The maximum atomic E-state index is 12.3. The normalized spacial score (nSPS) is 9.70. The molecule has 0 aliphatic heterocycles. The molecule has 3 N–H and O–H groups in total. The first-order chi connectivity index (χ1) is 14.2. The van der Waals surface area contributed by atoms with E-state index in [9.17, 15) is 28.8 Å². The van der Waals surface area contributed by atoms with Gasteiger partial charge in [0.05, 0.1) is 21.3 Å². The third-order valence-electron chi connectivity index (χ3n) is 3.58. The lowest BCUT2D eigenvalue weighted by Crippen LogP contribution is -2.33. The maximum Gasteiger partial charge on any atom is 0.325 e. The number of esters is 3. The van der Waals surface area contributed by atoms with Crippen molar-refractivity contribution in [1.82, 2.24) is 16.0 Å². The molecule has 0 saturated carbocycles. The highest BCUT2D eigenvalue weighted by Crippen LogP contribution is 2.11. The molecule has 1 rings (SSSR count). The third-order valence-corrected chi connectivity index (χ3v) is 3.58. The Kier molecular flexibility index (Phi) is 9.46. The van der Waals surface area contributed by atoms with Crippen LogP contribution in [0.5, 0.6) is 0 Å². The summed E-state index contributed by atoms with van der Waals surface area (Å²) in [5.41, 5.74) is -0.353. The number of rotatable bonds is 9. The molecule has 0 fully saturated rings. The molecular weight excluding hydrogens is 402 g/mol. The van der Waals surface area contributed by atoms with Crippen LogP contribution < -0.4 is 16.0 Å². The van der Waals surface area contributed by atoms with Crippen LogP contribution in [0.3, 0.4) is 0 Å². The molecule has 162 valence electrons. The van der Waals surface area contributed by atoms with E-state index in [1.165, 1.54) is 0 Å². The van der Waals surface area contributed by atoms with Crippen LogP contribution in [0.2, 0.25) is 0 Å². The summed E-state index contributed by atoms with van der Waals surface area (Å²) in [6.07, 6.45) is 0. The highest BCUT2D eigenvalue weighted by Gasteiger charge is 2.18. The summed E-state index contributed by atoms with van der Waals surface area (Å²) in [6, 6.07) is 3.49. The fraction of sp³-hybridized carbons (Fsp3) is 0.333. The molecule has 0 saturated heterocycles. The molecule has 0 atom stereocenters. The van der Waals surface area contributed by atoms with E-state index < -0.39 is 55.3 Å². The Hall–Kier alpha value is -3.96. The predicted molar refractivity (Wildman–Crippen MR) is 99.5 cm³/mol. The summed E-state index contributed by atoms with van der Waals surface area (Å²) in [6.45, 7) is -1.30. The van der Waals surface area contributed by atoms with Crippen LogP contribution in [0.1, 0.15) is 31.1 Å². The number of ether oxygens (including phenoxy) is 3. The molecule has 0 aliphatic carbocycles. The van der Waals surface area contributed by atoms with Gasteiger partial charge < -0.3 is 30.2 Å². The predicted octanol–water partition coefficient (Wildman–Crippen LogP) is -1.60. The van der Waals surface area contributed by atoms with Gasteiger partial charge in [-0.25, -0.2) is 0 Å². The van der Waals surface area contributed by atoms with Gasteiger partial charge in [-0.05, 0) is 18.2 Å². The maximum absolute atomic E-state index is 12.3. The molecule has 3 amide bonds. The van der Waals surface area contributed by atoms with E-state index in [-0.39, 0.29) is 16.7 Å². The first-order valence-corrected chi connectivity index (χ1v) is 8.42. The average Bonchev–Trinajstić information content (AvgIpc) is 2.77. The molecule has 0 aliphatic rings. The van der Waals surface area contributed by atoms with Gasteiger partial charge in [0.2, 0.25) is 0 Å². The Bertz CT molecular complexity index is 730. The van der Waals surface area contributed by atoms with Crippen LogP contribution in [0.4, 0.5) is 0 Å². The van der Waals surface area contributed by atoms with Crippen LogP contribution in [-0.2, 0) is 28.6 Å². The van der Waals surface area contributed by atoms with Crippen molar-refractivity contribution in [2.75, 3.05) is 41.0 Å². The summed E-state index contributed by atoms with van der Waals surface area (Å²) in [7, 11) is 3.43. The fourth-order valence-electron chi connectivity index (χ4n) is 2.00. The number of nitrogens with one attached hydrogen (secondary N) is 3. The van der Waals surface area contributed by atoms with E-state index >= 15 is 0 Å². The topological polar surface area (TPSA) is 166 Å². The lowest BCUT2D eigenvalue weighted by molar-refractivity contribution is -0.140. The first-order valence-electron chi connectivity index (χ1n) is 8.42. The molecule has 0 bridgehead atoms. The SMILES string of the molecule is COC(=O)CNC(=O)c1cc(C(=O)NCC(=O)OC)cc(C(=O)NCC(=O)OC)c1. The van der Waals surface area contributed by atoms with Crippen molar-refractivity contribution in [3.63, 3.8) is 0 Å². The monoisotopic (exact) mass is 423 g/mol. The lowest BCUT2D eigenvalue weighted by atomic mass is 10.0. The van der Waals surface area contributed by atoms with Crippen LogP contribution in [-0.4, -0.2) is 76.6 Å². The Labute approximate surface area is 171 Å². The van der Waals surface area contributed by atoms with Gasteiger partial charge in [-0.3, -0.25) is 28.8 Å². The van der Waals surface area contributed by atoms with Gasteiger partial charge in [0.1, 0.15) is 19.6 Å². The van der Waals surface area contributed by atoms with Gasteiger partial charge in [0.25, 0.3) is 17.7 Å². The minimum atomic E-state index is -0.759. The summed E-state index contributed by atoms with van der Waals surface area (Å²) in [5, 5.41) is 6.83. The second-order valence-electron chi connectivity index (χ2n) is 5.58. The van der Waals surface area contributed by atoms with Crippen LogP contribution in [0.25, 0.3) is 0 Å². The van der Waals surface area contributed by atoms with Crippen molar-refractivity contribution in [2.24, 2.45) is 0 Å². The molecule has 0 spiro atoms. The highest BCUT2D eigenvalue weighted by atomic mass is 16.5. The third kappa shape index (κ3) is 7.58. The largest absolute Gasteiger partial charge is 0.468 e. The summed E-state index contributed by atoms with van der Waals surface area (Å²) in [4.78, 5) is 70.5. The smallest absolute Gasteiger partial charge is 0.325 e. The van der Waals surface area contributed by atoms with Gasteiger partial charge in [-0.1, -0.05) is 0 Å². The molecule has 1 aromatic carbocycles. The Morgan fingerprint density at radius 2 is 0.800 bits per heavy atom. The van der Waals surface area contributed by atoms with Gasteiger partial charge >= 0.3 is 17.9 Å². The molecule has 12 heteroatoms. The standard InChI is InChI=1S/C18H21N3O9/c1-28-13(22)7-19-16(25)10-4-11(17(26)20-8-14(23)29-2)6-12(5-10)18(27)21-9-15(24)30-3/h4-6H,7-9H2,1-3H3,(H,19,25)(H,20,26)(H,21,27). The van der Waals surface area contributed by atoms with Crippen molar-refractivity contribution < 1.29 is 43.0 Å². The summed E-state index contributed by atoms with van der Waals surface area (Å²) in [5.74, 6) is -4.38. The zero-order valence-electron chi connectivity index (χ0n) is 16.5. The number of benzene rings is 1. The quantitative estimate of drug-likeness (QED) is 0.313. The van der Waals surface area contributed by atoms with Crippen LogP contribution in [0, 0.1) is 0 Å². The van der Waals surface area contributed by atoms with Crippen molar-refractivity contribution in [3.05, 3.63) is 34.9 Å². The molecule has 30 heavy (non-hydrogen) atoms. The summed E-state index contributed by atoms with van der Waals surface area (Å²) >= 11 is 0.